The quantitative estimate of drug-likeness (QED) is 0.626. The van der Waals surface area contributed by atoms with Crippen molar-refractivity contribution >= 4 is 0 Å². The highest BCUT2D eigenvalue weighted by Crippen LogP contribution is 2.23. The first kappa shape index (κ1) is 10.0. The third kappa shape index (κ3) is 2.48. The van der Waals surface area contributed by atoms with E-state index in [9.17, 15) is 0 Å². The van der Waals surface area contributed by atoms with E-state index in [1.807, 2.05) is 0 Å². The zero-order chi connectivity index (χ0) is 8.97. The number of rotatable bonds is 3. The van der Waals surface area contributed by atoms with E-state index in [-0.39, 0.29) is 0 Å². The van der Waals surface area contributed by atoms with Gasteiger partial charge in [-0.1, -0.05) is 19.3 Å². The van der Waals surface area contributed by atoms with Crippen LogP contribution in [-0.2, 0) is 0 Å². The Morgan fingerprint density at radius 2 is 1.83 bits per heavy atom. The minimum absolute atomic E-state index is 0.672. The van der Waals surface area contributed by atoms with E-state index >= 15 is 0 Å². The molecule has 0 saturated heterocycles. The summed E-state index contributed by atoms with van der Waals surface area (Å²) in [5, 5.41) is 0. The van der Waals surface area contributed by atoms with Gasteiger partial charge in [0, 0.05) is 12.1 Å². The van der Waals surface area contributed by atoms with E-state index in [1.54, 1.807) is 0 Å². The van der Waals surface area contributed by atoms with Gasteiger partial charge in [-0.05, 0) is 40.2 Å². The molecule has 0 heterocycles. The van der Waals surface area contributed by atoms with Gasteiger partial charge in [-0.15, -0.1) is 0 Å². The standard InChI is InChI=1S/C11H22N/c1-4-12(10(2)3)11-8-6-5-7-9-11/h10-11H,1,4-9H2,2-3H3. The Balaban J connectivity index is 2.40. The molecule has 71 valence electrons. The molecule has 1 heteroatoms. The summed E-state index contributed by atoms with van der Waals surface area (Å²) in [6.45, 7) is 9.54. The molecule has 1 aliphatic carbocycles. The second kappa shape index (κ2) is 4.86. The highest BCUT2D eigenvalue weighted by atomic mass is 15.2. The fourth-order valence-corrected chi connectivity index (χ4v) is 2.28. The first-order valence-corrected chi connectivity index (χ1v) is 5.30. The largest absolute Gasteiger partial charge is 0.298 e. The van der Waals surface area contributed by atoms with E-state index in [0.717, 1.165) is 12.6 Å². The van der Waals surface area contributed by atoms with E-state index in [1.165, 1.54) is 32.1 Å². The zero-order valence-electron chi connectivity index (χ0n) is 8.55. The summed E-state index contributed by atoms with van der Waals surface area (Å²) in [7, 11) is 0. The van der Waals surface area contributed by atoms with Gasteiger partial charge in [-0.25, -0.2) is 0 Å². The van der Waals surface area contributed by atoms with E-state index in [2.05, 4.69) is 25.7 Å². The molecule has 0 atom stereocenters. The normalized spacial score (nSPS) is 20.8. The lowest BCUT2D eigenvalue weighted by Gasteiger charge is -2.36. The Morgan fingerprint density at radius 3 is 2.25 bits per heavy atom. The predicted octanol–water partition coefficient (Wildman–Crippen LogP) is 2.86. The van der Waals surface area contributed by atoms with Crippen LogP contribution in [0.5, 0.6) is 0 Å². The summed E-state index contributed by atoms with van der Waals surface area (Å²) < 4.78 is 0. The van der Waals surface area contributed by atoms with Gasteiger partial charge >= 0.3 is 0 Å². The van der Waals surface area contributed by atoms with E-state index in [4.69, 9.17) is 0 Å². The number of nitrogens with zero attached hydrogens (tertiary/aromatic N) is 1. The molecular weight excluding hydrogens is 146 g/mol. The minimum atomic E-state index is 0.672. The van der Waals surface area contributed by atoms with Crippen molar-refractivity contribution in [3.63, 3.8) is 0 Å². The van der Waals surface area contributed by atoms with Crippen LogP contribution in [0.25, 0.3) is 0 Å². The molecule has 12 heavy (non-hydrogen) atoms. The molecule has 1 rings (SSSR count). The van der Waals surface area contributed by atoms with Crippen molar-refractivity contribution in [1.82, 2.24) is 4.90 Å². The highest BCUT2D eigenvalue weighted by molar-refractivity contribution is 4.78. The molecule has 1 fully saturated rings. The molecule has 1 saturated carbocycles. The fraction of sp³-hybridized carbons (Fsp3) is 0.909. The van der Waals surface area contributed by atoms with Gasteiger partial charge in [0.2, 0.25) is 0 Å². The van der Waals surface area contributed by atoms with Gasteiger partial charge in [0.1, 0.15) is 0 Å². The second-order valence-corrected chi connectivity index (χ2v) is 4.12. The van der Waals surface area contributed by atoms with Crippen molar-refractivity contribution < 1.29 is 0 Å². The molecule has 1 nitrogen and oxygen atoms in total. The van der Waals surface area contributed by atoms with Crippen molar-refractivity contribution in [2.45, 2.75) is 58.0 Å². The molecule has 0 N–H and O–H groups in total. The van der Waals surface area contributed by atoms with Crippen LogP contribution in [0.3, 0.4) is 0 Å². The van der Waals surface area contributed by atoms with Gasteiger partial charge < -0.3 is 0 Å². The maximum atomic E-state index is 4.01. The third-order valence-electron chi connectivity index (χ3n) is 2.97. The van der Waals surface area contributed by atoms with Gasteiger partial charge in [-0.3, -0.25) is 4.90 Å². The first-order chi connectivity index (χ1) is 5.75. The van der Waals surface area contributed by atoms with Gasteiger partial charge in [0.15, 0.2) is 0 Å². The summed E-state index contributed by atoms with van der Waals surface area (Å²) in [4.78, 5) is 2.54. The third-order valence-corrected chi connectivity index (χ3v) is 2.97. The fourth-order valence-electron chi connectivity index (χ4n) is 2.28. The molecule has 0 bridgehead atoms. The van der Waals surface area contributed by atoms with Crippen LogP contribution in [0.15, 0.2) is 0 Å². The van der Waals surface area contributed by atoms with Crippen molar-refractivity contribution in [2.24, 2.45) is 0 Å². The van der Waals surface area contributed by atoms with Crippen LogP contribution in [0, 0.1) is 6.92 Å². The van der Waals surface area contributed by atoms with Crippen molar-refractivity contribution in [1.29, 1.82) is 0 Å². The summed E-state index contributed by atoms with van der Waals surface area (Å²) in [6, 6.07) is 1.50. The first-order valence-electron chi connectivity index (χ1n) is 5.30. The van der Waals surface area contributed by atoms with Gasteiger partial charge in [-0.2, -0.15) is 0 Å². The van der Waals surface area contributed by atoms with Gasteiger partial charge in [0.05, 0.1) is 0 Å². The minimum Gasteiger partial charge on any atom is -0.298 e. The van der Waals surface area contributed by atoms with E-state index in [0.29, 0.717) is 6.04 Å². The zero-order valence-corrected chi connectivity index (χ0v) is 8.55. The number of hydrogen-bond acceptors (Lipinski definition) is 1. The summed E-state index contributed by atoms with van der Waals surface area (Å²) >= 11 is 0. The van der Waals surface area contributed by atoms with Crippen LogP contribution < -0.4 is 0 Å². The molecule has 0 unspecified atom stereocenters. The molecule has 0 spiro atoms. The summed E-state index contributed by atoms with van der Waals surface area (Å²) in [5.41, 5.74) is 0. The Bertz CT molecular complexity index is 114. The Kier molecular flexibility index (Phi) is 4.07. The molecule has 0 aromatic heterocycles. The lowest BCUT2D eigenvalue weighted by Crippen LogP contribution is -2.41. The van der Waals surface area contributed by atoms with Gasteiger partial charge in [0.25, 0.3) is 0 Å². The number of hydrogen-bond donors (Lipinski definition) is 0. The maximum Gasteiger partial charge on any atom is 0.00979 e. The van der Waals surface area contributed by atoms with Crippen molar-refractivity contribution in [3.8, 4) is 0 Å². The molecule has 0 aromatic rings. The Hall–Kier alpha value is -0.0400. The molecule has 1 aliphatic rings. The van der Waals surface area contributed by atoms with Crippen LogP contribution in [0.1, 0.15) is 46.0 Å². The van der Waals surface area contributed by atoms with Crippen LogP contribution in [0.2, 0.25) is 0 Å². The highest BCUT2D eigenvalue weighted by Gasteiger charge is 2.21. The second-order valence-electron chi connectivity index (χ2n) is 4.12. The van der Waals surface area contributed by atoms with Crippen molar-refractivity contribution in [2.75, 3.05) is 6.54 Å². The average Bonchev–Trinajstić information content (AvgIpc) is 2.07. The van der Waals surface area contributed by atoms with Crippen LogP contribution in [-0.4, -0.2) is 23.5 Å². The topological polar surface area (TPSA) is 3.24 Å². The lowest BCUT2D eigenvalue weighted by atomic mass is 9.93. The molecule has 1 radical (unpaired) electrons. The summed E-state index contributed by atoms with van der Waals surface area (Å²) in [6.07, 6.45) is 7.09. The molecule has 0 aliphatic heterocycles. The summed E-state index contributed by atoms with van der Waals surface area (Å²) in [5.74, 6) is 0. The Labute approximate surface area is 77.1 Å². The molecule has 0 aromatic carbocycles. The van der Waals surface area contributed by atoms with E-state index < -0.39 is 0 Å². The maximum absolute atomic E-state index is 4.01. The van der Waals surface area contributed by atoms with Crippen molar-refractivity contribution in [3.05, 3.63) is 6.92 Å². The monoisotopic (exact) mass is 168 g/mol. The molecular formula is C11H22N. The molecule has 0 amide bonds. The van der Waals surface area contributed by atoms with Crippen LogP contribution >= 0.6 is 0 Å². The lowest BCUT2D eigenvalue weighted by molar-refractivity contribution is 0.135. The average molecular weight is 168 g/mol. The van der Waals surface area contributed by atoms with Crippen LogP contribution in [0.4, 0.5) is 0 Å². The Morgan fingerprint density at radius 1 is 1.25 bits per heavy atom. The predicted molar refractivity (Wildman–Crippen MR) is 54.1 cm³/mol. The smallest absolute Gasteiger partial charge is 0.00979 e. The SMILES string of the molecule is [CH2]CN(C(C)C)C1CCCCC1.